The van der Waals surface area contributed by atoms with E-state index < -0.39 is 0 Å². The maximum atomic E-state index is 7.22. The fourth-order valence-corrected chi connectivity index (χ4v) is 0.480. The maximum absolute atomic E-state index is 7.22. The van der Waals surface area contributed by atoms with Gasteiger partial charge in [0.15, 0.2) is 0 Å². The van der Waals surface area contributed by atoms with Gasteiger partial charge in [-0.05, 0) is 25.5 Å². The summed E-state index contributed by atoms with van der Waals surface area (Å²) in [5.74, 6) is 0. The molecule has 0 radical (unpaired) electrons. The Morgan fingerprint density at radius 3 is 2.56 bits per heavy atom. The molecular formula is C8H13N. The molecule has 0 saturated heterocycles. The number of nitrogens with one attached hydrogen (secondary N) is 1. The topological polar surface area (TPSA) is 23.9 Å². The summed E-state index contributed by atoms with van der Waals surface area (Å²) in [4.78, 5) is 0. The quantitative estimate of drug-likeness (QED) is 0.558. The average molecular weight is 123 g/mol. The van der Waals surface area contributed by atoms with Gasteiger partial charge in [0, 0.05) is 0 Å². The number of hydrogen-bond donors (Lipinski definition) is 1. The SMILES string of the molecule is C/C=C\C(=N)/C=C\CC. The molecule has 1 nitrogen and oxygen atoms in total. The Morgan fingerprint density at radius 2 is 2.11 bits per heavy atom. The van der Waals surface area contributed by atoms with Crippen LogP contribution >= 0.6 is 0 Å². The lowest BCUT2D eigenvalue weighted by atomic mass is 10.3. The summed E-state index contributed by atoms with van der Waals surface area (Å²) in [5.41, 5.74) is 0.569. The molecule has 0 bridgehead atoms. The fraction of sp³-hybridized carbons (Fsp3) is 0.375. The van der Waals surface area contributed by atoms with E-state index in [9.17, 15) is 0 Å². The van der Waals surface area contributed by atoms with E-state index in [1.54, 1.807) is 12.2 Å². The second-order valence-corrected chi connectivity index (χ2v) is 1.77. The first-order chi connectivity index (χ1) is 4.31. The highest BCUT2D eigenvalue weighted by atomic mass is 14.4. The Labute approximate surface area is 56.6 Å². The van der Waals surface area contributed by atoms with Crippen molar-refractivity contribution >= 4 is 5.71 Å². The summed E-state index contributed by atoms with van der Waals surface area (Å²) in [6.45, 7) is 3.97. The summed E-state index contributed by atoms with van der Waals surface area (Å²) in [6, 6.07) is 0. The minimum Gasteiger partial charge on any atom is -0.301 e. The largest absolute Gasteiger partial charge is 0.301 e. The minimum absolute atomic E-state index is 0.569. The molecule has 0 aliphatic heterocycles. The van der Waals surface area contributed by atoms with Crippen LogP contribution in [0.3, 0.4) is 0 Å². The first kappa shape index (κ1) is 8.15. The summed E-state index contributed by atoms with van der Waals surface area (Å²) in [5, 5.41) is 7.22. The molecule has 0 aromatic rings. The predicted molar refractivity (Wildman–Crippen MR) is 42.0 cm³/mol. The Morgan fingerprint density at radius 1 is 1.44 bits per heavy atom. The van der Waals surface area contributed by atoms with Crippen LogP contribution < -0.4 is 0 Å². The lowest BCUT2D eigenvalue weighted by Crippen LogP contribution is -1.80. The van der Waals surface area contributed by atoms with Crippen LogP contribution in [0.25, 0.3) is 0 Å². The second-order valence-electron chi connectivity index (χ2n) is 1.77. The lowest BCUT2D eigenvalue weighted by Gasteiger charge is -1.82. The van der Waals surface area contributed by atoms with Gasteiger partial charge in [0.1, 0.15) is 0 Å². The third-order valence-corrected chi connectivity index (χ3v) is 0.879. The van der Waals surface area contributed by atoms with Gasteiger partial charge >= 0.3 is 0 Å². The van der Waals surface area contributed by atoms with Crippen molar-refractivity contribution in [3.05, 3.63) is 24.3 Å². The van der Waals surface area contributed by atoms with E-state index in [0.29, 0.717) is 5.71 Å². The zero-order valence-corrected chi connectivity index (χ0v) is 6.02. The molecule has 0 aromatic carbocycles. The van der Waals surface area contributed by atoms with Crippen molar-refractivity contribution in [2.75, 3.05) is 0 Å². The molecule has 0 rings (SSSR count). The van der Waals surface area contributed by atoms with E-state index in [1.807, 2.05) is 19.1 Å². The first-order valence-corrected chi connectivity index (χ1v) is 3.19. The normalized spacial score (nSPS) is 11.3. The molecule has 0 saturated carbocycles. The van der Waals surface area contributed by atoms with Gasteiger partial charge in [-0.15, -0.1) is 0 Å². The van der Waals surface area contributed by atoms with E-state index >= 15 is 0 Å². The summed E-state index contributed by atoms with van der Waals surface area (Å²) in [6.07, 6.45) is 8.41. The zero-order valence-electron chi connectivity index (χ0n) is 6.02. The Kier molecular flexibility index (Phi) is 4.79. The fourth-order valence-electron chi connectivity index (χ4n) is 0.480. The van der Waals surface area contributed by atoms with Crippen molar-refractivity contribution in [3.8, 4) is 0 Å². The molecule has 9 heavy (non-hydrogen) atoms. The summed E-state index contributed by atoms with van der Waals surface area (Å²) in [7, 11) is 0. The van der Waals surface area contributed by atoms with Crippen LogP contribution in [-0.2, 0) is 0 Å². The third kappa shape index (κ3) is 5.01. The molecule has 0 unspecified atom stereocenters. The average Bonchev–Trinajstić information content (AvgIpc) is 1.85. The van der Waals surface area contributed by atoms with Crippen molar-refractivity contribution in [3.63, 3.8) is 0 Å². The molecule has 50 valence electrons. The smallest absolute Gasteiger partial charge is 0.0533 e. The lowest BCUT2D eigenvalue weighted by molar-refractivity contribution is 1.23. The Bertz CT molecular complexity index is 132. The third-order valence-electron chi connectivity index (χ3n) is 0.879. The molecule has 0 heterocycles. The van der Waals surface area contributed by atoms with Crippen LogP contribution in [-0.4, -0.2) is 5.71 Å². The highest BCUT2D eigenvalue weighted by Gasteiger charge is 1.76. The van der Waals surface area contributed by atoms with Gasteiger partial charge in [-0.25, -0.2) is 0 Å². The number of allylic oxidation sites excluding steroid dienone is 4. The molecule has 1 heteroatoms. The van der Waals surface area contributed by atoms with Gasteiger partial charge in [0.25, 0.3) is 0 Å². The molecule has 0 aromatic heterocycles. The van der Waals surface area contributed by atoms with Gasteiger partial charge in [-0.3, -0.25) is 0 Å². The molecule has 0 fully saturated rings. The highest BCUT2D eigenvalue weighted by molar-refractivity contribution is 6.01. The minimum atomic E-state index is 0.569. The standard InChI is InChI=1S/C8H13N/c1-3-5-7-8(9)6-4-2/h4-7,9H,3H2,1-2H3/b6-4-,7-5-,9-8?. The van der Waals surface area contributed by atoms with Gasteiger partial charge in [0.2, 0.25) is 0 Å². The van der Waals surface area contributed by atoms with Crippen LogP contribution in [0.1, 0.15) is 20.3 Å². The maximum Gasteiger partial charge on any atom is 0.0533 e. The van der Waals surface area contributed by atoms with Crippen molar-refractivity contribution in [1.82, 2.24) is 0 Å². The van der Waals surface area contributed by atoms with E-state index in [-0.39, 0.29) is 0 Å². The first-order valence-electron chi connectivity index (χ1n) is 3.19. The summed E-state index contributed by atoms with van der Waals surface area (Å²) >= 11 is 0. The van der Waals surface area contributed by atoms with E-state index in [2.05, 4.69) is 6.92 Å². The van der Waals surface area contributed by atoms with Crippen LogP contribution in [0.4, 0.5) is 0 Å². The predicted octanol–water partition coefficient (Wildman–Crippen LogP) is 2.55. The molecule has 0 atom stereocenters. The van der Waals surface area contributed by atoms with Crippen LogP contribution in [0.2, 0.25) is 0 Å². The van der Waals surface area contributed by atoms with Crippen LogP contribution in [0.15, 0.2) is 24.3 Å². The van der Waals surface area contributed by atoms with Crippen LogP contribution in [0, 0.1) is 5.41 Å². The monoisotopic (exact) mass is 123 g/mol. The molecule has 0 aliphatic rings. The molecule has 0 aliphatic carbocycles. The van der Waals surface area contributed by atoms with Crippen molar-refractivity contribution in [2.45, 2.75) is 20.3 Å². The molecule has 1 N–H and O–H groups in total. The molecular weight excluding hydrogens is 110 g/mol. The highest BCUT2D eigenvalue weighted by Crippen LogP contribution is 1.83. The Hall–Kier alpha value is -0.850. The van der Waals surface area contributed by atoms with Gasteiger partial charge in [0.05, 0.1) is 5.71 Å². The molecule has 0 amide bonds. The summed E-state index contributed by atoms with van der Waals surface area (Å²) < 4.78 is 0. The van der Waals surface area contributed by atoms with Gasteiger partial charge < -0.3 is 5.41 Å². The van der Waals surface area contributed by atoms with E-state index in [0.717, 1.165) is 6.42 Å². The van der Waals surface area contributed by atoms with Gasteiger partial charge in [-0.2, -0.15) is 0 Å². The number of hydrogen-bond acceptors (Lipinski definition) is 1. The van der Waals surface area contributed by atoms with Gasteiger partial charge in [-0.1, -0.05) is 19.1 Å². The second kappa shape index (κ2) is 5.29. The van der Waals surface area contributed by atoms with Crippen LogP contribution in [0.5, 0.6) is 0 Å². The van der Waals surface area contributed by atoms with Crippen molar-refractivity contribution < 1.29 is 0 Å². The molecule has 0 spiro atoms. The van der Waals surface area contributed by atoms with Crippen molar-refractivity contribution in [2.24, 2.45) is 0 Å². The van der Waals surface area contributed by atoms with Crippen molar-refractivity contribution in [1.29, 1.82) is 5.41 Å². The Balaban J connectivity index is 3.63. The zero-order chi connectivity index (χ0) is 7.11. The van der Waals surface area contributed by atoms with E-state index in [4.69, 9.17) is 5.41 Å². The van der Waals surface area contributed by atoms with E-state index in [1.165, 1.54) is 0 Å². The number of rotatable bonds is 3.